The molecule has 2 aromatic rings. The second-order valence-electron chi connectivity index (χ2n) is 4.97. The van der Waals surface area contributed by atoms with Gasteiger partial charge in [0.1, 0.15) is 22.9 Å². The highest BCUT2D eigenvalue weighted by molar-refractivity contribution is 7.99. The zero-order chi connectivity index (χ0) is 16.6. The first-order chi connectivity index (χ1) is 11.0. The van der Waals surface area contributed by atoms with Crippen molar-refractivity contribution in [1.82, 2.24) is 5.32 Å². The first kappa shape index (κ1) is 15.9. The van der Waals surface area contributed by atoms with Crippen molar-refractivity contribution >= 4 is 35.3 Å². The third kappa shape index (κ3) is 3.21. The van der Waals surface area contributed by atoms with Crippen LogP contribution in [0.1, 0.15) is 21.5 Å². The molecule has 8 heteroatoms. The Balaban J connectivity index is 1.81. The second kappa shape index (κ2) is 6.27. The molecule has 3 N–H and O–H groups in total. The van der Waals surface area contributed by atoms with E-state index in [-0.39, 0.29) is 16.0 Å². The van der Waals surface area contributed by atoms with Gasteiger partial charge in [-0.3, -0.25) is 10.1 Å². The number of nitrogens with one attached hydrogen (secondary N) is 1. The van der Waals surface area contributed by atoms with E-state index in [2.05, 4.69) is 5.32 Å². The summed E-state index contributed by atoms with van der Waals surface area (Å²) >= 11 is 7.42. The molecule has 2 heterocycles. The Hall–Kier alpha value is -1.96. The van der Waals surface area contributed by atoms with E-state index >= 15 is 0 Å². The van der Waals surface area contributed by atoms with E-state index in [9.17, 15) is 9.59 Å². The molecule has 23 heavy (non-hydrogen) atoms. The van der Waals surface area contributed by atoms with Gasteiger partial charge < -0.3 is 14.6 Å². The minimum absolute atomic E-state index is 0.0273. The Morgan fingerprint density at radius 3 is 2.65 bits per heavy atom. The molecular weight excluding hydrogens is 342 g/mol. The number of thioether (sulfide) groups is 1. The molecule has 1 aromatic heterocycles. The van der Waals surface area contributed by atoms with Crippen molar-refractivity contribution in [2.75, 3.05) is 5.75 Å². The van der Waals surface area contributed by atoms with E-state index in [1.807, 2.05) is 0 Å². The van der Waals surface area contributed by atoms with E-state index in [4.69, 9.17) is 26.2 Å². The maximum atomic E-state index is 11.0. The van der Waals surface area contributed by atoms with Crippen LogP contribution in [0.2, 0.25) is 5.02 Å². The number of rotatable bonds is 4. The fraction of sp³-hybridized carbons (Fsp3) is 0.200. The third-order valence-electron chi connectivity index (χ3n) is 3.45. The van der Waals surface area contributed by atoms with Gasteiger partial charge in [-0.15, -0.1) is 11.8 Å². The zero-order valence-corrected chi connectivity index (χ0v) is 13.2. The number of carboxylic acid groups (broad SMARTS) is 2. The van der Waals surface area contributed by atoms with Crippen molar-refractivity contribution in [2.24, 2.45) is 0 Å². The van der Waals surface area contributed by atoms with Gasteiger partial charge in [0.05, 0.1) is 10.6 Å². The van der Waals surface area contributed by atoms with E-state index in [0.29, 0.717) is 22.8 Å². The third-order valence-corrected chi connectivity index (χ3v) is 4.99. The molecule has 1 aromatic carbocycles. The molecule has 0 radical (unpaired) electrons. The fourth-order valence-corrected chi connectivity index (χ4v) is 3.71. The van der Waals surface area contributed by atoms with E-state index in [0.717, 1.165) is 0 Å². The number of halogens is 1. The predicted octanol–water partition coefficient (Wildman–Crippen LogP) is 3.09. The van der Waals surface area contributed by atoms with Gasteiger partial charge in [-0.2, -0.15) is 0 Å². The lowest BCUT2D eigenvalue weighted by molar-refractivity contribution is -0.138. The number of carbonyl (C=O) groups is 2. The van der Waals surface area contributed by atoms with Gasteiger partial charge in [0.25, 0.3) is 0 Å². The molecule has 1 aliphatic heterocycles. The minimum Gasteiger partial charge on any atom is -0.480 e. The van der Waals surface area contributed by atoms with E-state index in [1.165, 1.54) is 23.9 Å². The van der Waals surface area contributed by atoms with Crippen LogP contribution in [0.5, 0.6) is 0 Å². The number of hydrogen-bond acceptors (Lipinski definition) is 5. The average molecular weight is 354 g/mol. The van der Waals surface area contributed by atoms with Gasteiger partial charge in [-0.1, -0.05) is 17.7 Å². The summed E-state index contributed by atoms with van der Waals surface area (Å²) in [4.78, 5) is 21.9. The summed E-state index contributed by atoms with van der Waals surface area (Å²) in [6, 6.07) is 7.49. The summed E-state index contributed by atoms with van der Waals surface area (Å²) in [6.07, 6.45) is 0. The lowest BCUT2D eigenvalue weighted by Gasteiger charge is -2.08. The minimum atomic E-state index is -1.09. The normalized spacial score (nSPS) is 20.6. The van der Waals surface area contributed by atoms with Crippen molar-refractivity contribution in [3.63, 3.8) is 0 Å². The number of furan rings is 1. The SMILES string of the molecule is O=C(O)c1ccc(-c2ccc([C@H]3N[C@H](C(=O)O)CS3)o2)cc1Cl. The zero-order valence-electron chi connectivity index (χ0n) is 11.7. The van der Waals surface area contributed by atoms with Crippen molar-refractivity contribution in [1.29, 1.82) is 0 Å². The molecule has 0 spiro atoms. The number of carboxylic acids is 2. The summed E-state index contributed by atoms with van der Waals surface area (Å²) in [6.45, 7) is 0. The Morgan fingerprint density at radius 1 is 1.26 bits per heavy atom. The highest BCUT2D eigenvalue weighted by Gasteiger charge is 2.32. The summed E-state index contributed by atoms with van der Waals surface area (Å²) < 4.78 is 5.75. The van der Waals surface area contributed by atoms with E-state index in [1.54, 1.807) is 18.2 Å². The molecular formula is C15H12ClNO5S. The number of aliphatic carboxylic acids is 1. The van der Waals surface area contributed by atoms with Crippen molar-refractivity contribution in [2.45, 2.75) is 11.4 Å². The quantitative estimate of drug-likeness (QED) is 0.776. The van der Waals surface area contributed by atoms with E-state index < -0.39 is 18.0 Å². The van der Waals surface area contributed by atoms with Crippen LogP contribution in [0.3, 0.4) is 0 Å². The van der Waals surface area contributed by atoms with Gasteiger partial charge in [-0.25, -0.2) is 4.79 Å². The lowest BCUT2D eigenvalue weighted by Crippen LogP contribution is -2.33. The average Bonchev–Trinajstić information content (AvgIpc) is 3.16. The first-order valence-electron chi connectivity index (χ1n) is 6.69. The topological polar surface area (TPSA) is 99.8 Å². The molecule has 1 aliphatic rings. The van der Waals surface area contributed by atoms with Gasteiger partial charge in [0.2, 0.25) is 0 Å². The standard InChI is InChI=1S/C15H12ClNO5S/c16-9-5-7(1-2-8(9)14(18)19)11-3-4-12(22-11)13-17-10(6-23-13)15(20)21/h1-5,10,13,17H,6H2,(H,18,19)(H,20,21)/t10-,13-/m0/s1. The van der Waals surface area contributed by atoms with Gasteiger partial charge in [0.15, 0.2) is 0 Å². The lowest BCUT2D eigenvalue weighted by atomic mass is 10.1. The maximum absolute atomic E-state index is 11.0. The monoisotopic (exact) mass is 353 g/mol. The second-order valence-corrected chi connectivity index (χ2v) is 6.52. The Labute approximate surface area is 140 Å². The molecule has 0 aliphatic carbocycles. The summed E-state index contributed by atoms with van der Waals surface area (Å²) in [7, 11) is 0. The number of aromatic carboxylic acids is 1. The van der Waals surface area contributed by atoms with Crippen LogP contribution in [0.25, 0.3) is 11.3 Å². The van der Waals surface area contributed by atoms with Gasteiger partial charge >= 0.3 is 11.9 Å². The maximum Gasteiger partial charge on any atom is 0.337 e. The molecule has 0 bridgehead atoms. The van der Waals surface area contributed by atoms with Crippen LogP contribution in [0.15, 0.2) is 34.7 Å². The van der Waals surface area contributed by atoms with Crippen LogP contribution in [0, 0.1) is 0 Å². The molecule has 120 valence electrons. The fourth-order valence-electron chi connectivity index (χ4n) is 2.27. The summed E-state index contributed by atoms with van der Waals surface area (Å²) in [5, 5.41) is 20.9. The Bertz CT molecular complexity index is 775. The summed E-state index contributed by atoms with van der Waals surface area (Å²) in [5.41, 5.74) is 0.684. The number of hydrogen-bond donors (Lipinski definition) is 3. The van der Waals surface area contributed by atoms with Crippen LogP contribution >= 0.6 is 23.4 Å². The van der Waals surface area contributed by atoms with Crippen molar-refractivity contribution in [3.8, 4) is 11.3 Å². The summed E-state index contributed by atoms with van der Waals surface area (Å²) in [5.74, 6) is -0.349. The van der Waals surface area contributed by atoms with Crippen LogP contribution in [-0.4, -0.2) is 33.9 Å². The molecule has 0 amide bonds. The van der Waals surface area contributed by atoms with Crippen LogP contribution in [-0.2, 0) is 4.79 Å². The smallest absolute Gasteiger partial charge is 0.337 e. The molecule has 3 rings (SSSR count). The number of benzene rings is 1. The first-order valence-corrected chi connectivity index (χ1v) is 8.12. The Morgan fingerprint density at radius 2 is 2.04 bits per heavy atom. The Kier molecular flexibility index (Phi) is 4.34. The molecule has 2 atom stereocenters. The molecule has 6 nitrogen and oxygen atoms in total. The predicted molar refractivity (Wildman–Crippen MR) is 85.9 cm³/mol. The molecule has 0 saturated carbocycles. The van der Waals surface area contributed by atoms with Crippen LogP contribution in [0.4, 0.5) is 0 Å². The van der Waals surface area contributed by atoms with Gasteiger partial charge in [-0.05, 0) is 24.3 Å². The molecule has 1 fully saturated rings. The molecule has 1 saturated heterocycles. The van der Waals surface area contributed by atoms with Crippen LogP contribution < -0.4 is 5.32 Å². The largest absolute Gasteiger partial charge is 0.480 e. The van der Waals surface area contributed by atoms with Crippen molar-refractivity contribution < 1.29 is 24.2 Å². The highest BCUT2D eigenvalue weighted by Crippen LogP contribution is 2.36. The highest BCUT2D eigenvalue weighted by atomic mass is 35.5. The van der Waals surface area contributed by atoms with Gasteiger partial charge in [0, 0.05) is 11.3 Å². The van der Waals surface area contributed by atoms with Crippen molar-refractivity contribution in [3.05, 3.63) is 46.7 Å². The molecule has 0 unspecified atom stereocenters.